The summed E-state index contributed by atoms with van der Waals surface area (Å²) in [5, 5.41) is 31.9. The molecule has 0 bridgehead atoms. The van der Waals surface area contributed by atoms with Crippen molar-refractivity contribution in [3.63, 3.8) is 0 Å². The van der Waals surface area contributed by atoms with Crippen molar-refractivity contribution in [2.45, 2.75) is 6.42 Å². The predicted octanol–water partition coefficient (Wildman–Crippen LogP) is -0.0323. The van der Waals surface area contributed by atoms with E-state index in [1.165, 1.54) is 18.2 Å². The van der Waals surface area contributed by atoms with Gasteiger partial charge in [0, 0.05) is 6.61 Å². The summed E-state index contributed by atoms with van der Waals surface area (Å²) < 4.78 is 0. The summed E-state index contributed by atoms with van der Waals surface area (Å²) in [5.74, 6) is 0. The second-order valence-corrected chi connectivity index (χ2v) is 1.73. The van der Waals surface area contributed by atoms with Gasteiger partial charge in [0.15, 0.2) is 0 Å². The largest absolute Gasteiger partial charge is 0.516 e. The molecule has 4 nitrogen and oxygen atoms in total. The Morgan fingerprint density at radius 3 is 1.50 bits per heavy atom. The van der Waals surface area contributed by atoms with Crippen LogP contribution in [0.2, 0.25) is 0 Å². The summed E-state index contributed by atoms with van der Waals surface area (Å²) >= 11 is 0. The molecule has 0 spiro atoms. The van der Waals surface area contributed by atoms with E-state index in [2.05, 4.69) is 0 Å². The molecule has 0 radical (unpaired) electrons. The summed E-state index contributed by atoms with van der Waals surface area (Å²) in [6, 6.07) is 0. The topological polar surface area (TPSA) is 80.9 Å². The van der Waals surface area contributed by atoms with E-state index in [4.69, 9.17) is 20.4 Å². The third-order valence-corrected chi connectivity index (χ3v) is 0.779. The van der Waals surface area contributed by atoms with Crippen molar-refractivity contribution in [2.24, 2.45) is 0 Å². The van der Waals surface area contributed by atoms with Gasteiger partial charge in [-0.05, 0) is 12.5 Å². The molecule has 0 amide bonds. The molecule has 0 fully saturated rings. The molecule has 0 saturated carbocycles. The number of hydrogen-bond acceptors (Lipinski definition) is 4. The van der Waals surface area contributed by atoms with Crippen LogP contribution >= 0.6 is 0 Å². The highest BCUT2D eigenvalue weighted by Crippen LogP contribution is 1.74. The lowest BCUT2D eigenvalue weighted by atomic mass is 10.5. The van der Waals surface area contributed by atoms with Crippen LogP contribution < -0.4 is 0 Å². The maximum absolute atomic E-state index is 8.04. The highest BCUT2D eigenvalue weighted by molar-refractivity contribution is 4.78. The van der Waals surface area contributed by atoms with Crippen LogP contribution in [-0.2, 0) is 0 Å². The Bertz CT molecular complexity index is 104. The standard InChI is InChI=1S/2C4H8O2/c2*5-3-1-2-4-6/h1,3,5-6H,2,4H2;1-2,5-6H,3-4H2/b3-1+;2-1-. The van der Waals surface area contributed by atoms with E-state index in [0.29, 0.717) is 6.42 Å². The Balaban J connectivity index is 0. The van der Waals surface area contributed by atoms with Gasteiger partial charge in [0.2, 0.25) is 0 Å². The molecule has 0 aliphatic heterocycles. The number of aliphatic hydroxyl groups is 4. The first-order chi connectivity index (χ1) is 5.83. The molecule has 0 unspecified atom stereocenters. The summed E-state index contributed by atoms with van der Waals surface area (Å²) in [6.07, 6.45) is 5.92. The summed E-state index contributed by atoms with van der Waals surface area (Å²) in [7, 11) is 0. The maximum atomic E-state index is 8.04. The molecule has 0 aromatic carbocycles. The Morgan fingerprint density at radius 1 is 0.833 bits per heavy atom. The average Bonchev–Trinajstić information content (AvgIpc) is 2.12. The Labute approximate surface area is 72.1 Å². The molecule has 0 saturated heterocycles. The lowest BCUT2D eigenvalue weighted by molar-refractivity contribution is 0.301. The highest BCUT2D eigenvalue weighted by Gasteiger charge is 1.67. The van der Waals surface area contributed by atoms with Crippen LogP contribution in [0.15, 0.2) is 24.5 Å². The molecular weight excluding hydrogens is 160 g/mol. The van der Waals surface area contributed by atoms with E-state index in [0.717, 1.165) is 6.26 Å². The Hall–Kier alpha value is -0.840. The Kier molecular flexibility index (Phi) is 19.0. The third kappa shape index (κ3) is 22.9. The zero-order chi connectivity index (χ0) is 9.66. The highest BCUT2D eigenvalue weighted by atomic mass is 16.3. The van der Waals surface area contributed by atoms with Crippen molar-refractivity contribution < 1.29 is 20.4 Å². The monoisotopic (exact) mass is 176 g/mol. The van der Waals surface area contributed by atoms with Gasteiger partial charge in [-0.2, -0.15) is 0 Å². The predicted molar refractivity (Wildman–Crippen MR) is 46.8 cm³/mol. The van der Waals surface area contributed by atoms with Gasteiger partial charge >= 0.3 is 0 Å². The minimum absolute atomic E-state index is 0.0144. The van der Waals surface area contributed by atoms with Crippen molar-refractivity contribution >= 4 is 0 Å². The molecule has 4 N–H and O–H groups in total. The fourth-order valence-corrected chi connectivity index (χ4v) is 0.298. The minimum atomic E-state index is 0.0144. The second kappa shape index (κ2) is 16.6. The van der Waals surface area contributed by atoms with Crippen LogP contribution in [-0.4, -0.2) is 40.2 Å². The molecule has 0 atom stereocenters. The van der Waals surface area contributed by atoms with E-state index in [1.807, 2.05) is 0 Å². The van der Waals surface area contributed by atoms with Gasteiger partial charge in [0.1, 0.15) is 0 Å². The molecule has 0 aliphatic rings. The fraction of sp³-hybridized carbons (Fsp3) is 0.500. The minimum Gasteiger partial charge on any atom is -0.516 e. The fourth-order valence-electron chi connectivity index (χ4n) is 0.298. The molecule has 72 valence electrons. The van der Waals surface area contributed by atoms with Crippen LogP contribution in [0.5, 0.6) is 0 Å². The molecule has 12 heavy (non-hydrogen) atoms. The molecule has 0 aromatic rings. The van der Waals surface area contributed by atoms with E-state index >= 15 is 0 Å². The van der Waals surface area contributed by atoms with Gasteiger partial charge in [0.05, 0.1) is 19.5 Å². The quantitative estimate of drug-likeness (QED) is 0.358. The van der Waals surface area contributed by atoms with Gasteiger partial charge in [-0.3, -0.25) is 0 Å². The first kappa shape index (κ1) is 13.7. The second-order valence-electron chi connectivity index (χ2n) is 1.73. The summed E-state index contributed by atoms with van der Waals surface area (Å²) in [6.45, 7) is 0.137. The molecule has 0 heterocycles. The normalized spacial score (nSPS) is 10.2. The molecule has 0 aliphatic carbocycles. The van der Waals surface area contributed by atoms with E-state index in [-0.39, 0.29) is 19.8 Å². The van der Waals surface area contributed by atoms with E-state index in [9.17, 15) is 0 Å². The van der Waals surface area contributed by atoms with Crippen molar-refractivity contribution in [1.82, 2.24) is 0 Å². The number of rotatable bonds is 4. The Morgan fingerprint density at radius 2 is 1.33 bits per heavy atom. The smallest absolute Gasteiger partial charge is 0.0752 e. The first-order valence-electron chi connectivity index (χ1n) is 3.60. The van der Waals surface area contributed by atoms with Gasteiger partial charge < -0.3 is 20.4 Å². The van der Waals surface area contributed by atoms with Crippen LogP contribution in [0.4, 0.5) is 0 Å². The van der Waals surface area contributed by atoms with Gasteiger partial charge in [0.25, 0.3) is 0 Å². The average molecular weight is 176 g/mol. The zero-order valence-electron chi connectivity index (χ0n) is 6.93. The number of hydrogen-bond donors (Lipinski definition) is 4. The van der Waals surface area contributed by atoms with Crippen LogP contribution in [0.25, 0.3) is 0 Å². The molecule has 0 rings (SSSR count). The van der Waals surface area contributed by atoms with Gasteiger partial charge in [-0.1, -0.05) is 12.2 Å². The van der Waals surface area contributed by atoms with Crippen LogP contribution in [0.1, 0.15) is 6.42 Å². The van der Waals surface area contributed by atoms with Gasteiger partial charge in [-0.15, -0.1) is 0 Å². The lowest BCUT2D eigenvalue weighted by Gasteiger charge is -1.76. The van der Waals surface area contributed by atoms with Crippen molar-refractivity contribution in [2.75, 3.05) is 19.8 Å². The van der Waals surface area contributed by atoms with E-state index < -0.39 is 0 Å². The molecular formula is C8H16O4. The first-order valence-corrected chi connectivity index (χ1v) is 3.60. The molecule has 4 heteroatoms. The lowest BCUT2D eigenvalue weighted by Crippen LogP contribution is -1.74. The molecule has 0 aromatic heterocycles. The van der Waals surface area contributed by atoms with Crippen molar-refractivity contribution in [3.8, 4) is 0 Å². The van der Waals surface area contributed by atoms with Gasteiger partial charge in [-0.25, -0.2) is 0 Å². The van der Waals surface area contributed by atoms with Crippen molar-refractivity contribution in [1.29, 1.82) is 0 Å². The van der Waals surface area contributed by atoms with Crippen LogP contribution in [0.3, 0.4) is 0 Å². The third-order valence-electron chi connectivity index (χ3n) is 0.779. The van der Waals surface area contributed by atoms with Crippen molar-refractivity contribution in [3.05, 3.63) is 24.5 Å². The summed E-state index contributed by atoms with van der Waals surface area (Å²) in [4.78, 5) is 0. The number of aliphatic hydroxyl groups excluding tert-OH is 4. The summed E-state index contributed by atoms with van der Waals surface area (Å²) in [5.41, 5.74) is 0. The SMILES string of the molecule is O/C=C/CCO.OC/C=C\CO. The van der Waals surface area contributed by atoms with E-state index in [1.54, 1.807) is 0 Å². The van der Waals surface area contributed by atoms with Crippen LogP contribution in [0, 0.1) is 0 Å². The zero-order valence-corrected chi connectivity index (χ0v) is 6.93. The maximum Gasteiger partial charge on any atom is 0.0752 e.